The second-order valence-corrected chi connectivity index (χ2v) is 3.19. The van der Waals surface area contributed by atoms with Crippen LogP contribution in [0.15, 0.2) is 12.7 Å². The zero-order valence-corrected chi connectivity index (χ0v) is 8.53. The summed E-state index contributed by atoms with van der Waals surface area (Å²) in [6, 6.07) is -0.764. The Balaban J connectivity index is 3.66. The van der Waals surface area contributed by atoms with Crippen LogP contribution in [-0.2, 0) is 4.79 Å². The average molecular weight is 224 g/mol. The number of amides is 1. The van der Waals surface area contributed by atoms with Gasteiger partial charge in [0.05, 0.1) is 13.0 Å². The Morgan fingerprint density at radius 2 is 2.13 bits per heavy atom. The number of alkyl halides is 3. The van der Waals surface area contributed by atoms with Crippen LogP contribution in [0.3, 0.4) is 0 Å². The first kappa shape index (κ1) is 14.0. The van der Waals surface area contributed by atoms with Crippen LogP contribution in [0, 0.1) is 0 Å². The summed E-state index contributed by atoms with van der Waals surface area (Å²) in [5.41, 5.74) is 0. The number of rotatable bonds is 6. The minimum Gasteiger partial charge on any atom is -0.352 e. The normalized spacial score (nSPS) is 13.3. The van der Waals surface area contributed by atoms with Crippen molar-refractivity contribution in [2.45, 2.75) is 25.6 Å². The molecule has 0 aliphatic heterocycles. The van der Waals surface area contributed by atoms with E-state index < -0.39 is 18.6 Å². The molecule has 1 amide bonds. The van der Waals surface area contributed by atoms with E-state index in [1.165, 1.54) is 13.0 Å². The summed E-state index contributed by atoms with van der Waals surface area (Å²) < 4.78 is 35.6. The molecule has 0 heterocycles. The minimum atomic E-state index is -4.20. The van der Waals surface area contributed by atoms with Crippen LogP contribution in [0.4, 0.5) is 13.2 Å². The number of nitrogens with one attached hydrogen (secondary N) is 2. The van der Waals surface area contributed by atoms with E-state index in [0.717, 1.165) is 0 Å². The summed E-state index contributed by atoms with van der Waals surface area (Å²) >= 11 is 0. The number of carbonyl (C=O) groups excluding carboxylic acids is 1. The summed E-state index contributed by atoms with van der Waals surface area (Å²) in [5.74, 6) is -0.344. The first-order valence-electron chi connectivity index (χ1n) is 4.53. The largest absolute Gasteiger partial charge is 0.390 e. The number of halogens is 3. The lowest BCUT2D eigenvalue weighted by atomic mass is 10.2. The van der Waals surface area contributed by atoms with Crippen molar-refractivity contribution in [2.24, 2.45) is 0 Å². The van der Waals surface area contributed by atoms with Crippen molar-refractivity contribution in [3.8, 4) is 0 Å². The Labute approximate surface area is 86.7 Å². The Morgan fingerprint density at radius 3 is 2.60 bits per heavy atom. The molecule has 6 heteroatoms. The van der Waals surface area contributed by atoms with Crippen LogP contribution in [0.2, 0.25) is 0 Å². The molecule has 0 aliphatic carbocycles. The Morgan fingerprint density at radius 1 is 1.53 bits per heavy atom. The SMILES string of the molecule is C=CCNC(=O)CNC(C)CC(F)(F)F. The maximum Gasteiger partial charge on any atom is 0.390 e. The number of hydrogen-bond acceptors (Lipinski definition) is 2. The summed E-state index contributed by atoms with van der Waals surface area (Å²) in [6.45, 7) is 4.97. The average Bonchev–Trinajstić information content (AvgIpc) is 2.08. The lowest BCUT2D eigenvalue weighted by molar-refractivity contribution is -0.139. The molecule has 2 N–H and O–H groups in total. The fourth-order valence-electron chi connectivity index (χ4n) is 0.935. The molecule has 0 bridgehead atoms. The van der Waals surface area contributed by atoms with Gasteiger partial charge in [-0.05, 0) is 6.92 Å². The van der Waals surface area contributed by atoms with Gasteiger partial charge in [0.2, 0.25) is 5.91 Å². The van der Waals surface area contributed by atoms with Gasteiger partial charge >= 0.3 is 6.18 Å². The van der Waals surface area contributed by atoms with Gasteiger partial charge in [-0.25, -0.2) is 0 Å². The summed E-state index contributed by atoms with van der Waals surface area (Å²) in [4.78, 5) is 11.0. The third-order valence-corrected chi connectivity index (χ3v) is 1.59. The van der Waals surface area contributed by atoms with E-state index in [2.05, 4.69) is 17.2 Å². The fourth-order valence-corrected chi connectivity index (χ4v) is 0.935. The third-order valence-electron chi connectivity index (χ3n) is 1.59. The molecule has 0 aromatic heterocycles. The molecule has 88 valence electrons. The van der Waals surface area contributed by atoms with Crippen molar-refractivity contribution < 1.29 is 18.0 Å². The first-order valence-corrected chi connectivity index (χ1v) is 4.53. The predicted molar refractivity (Wildman–Crippen MR) is 51.3 cm³/mol. The Bertz CT molecular complexity index is 216. The molecule has 1 atom stereocenters. The summed E-state index contributed by atoms with van der Waals surface area (Å²) in [5, 5.41) is 4.93. The molecule has 0 saturated carbocycles. The molecule has 0 spiro atoms. The van der Waals surface area contributed by atoms with E-state index in [9.17, 15) is 18.0 Å². The molecule has 15 heavy (non-hydrogen) atoms. The van der Waals surface area contributed by atoms with Gasteiger partial charge in [-0.3, -0.25) is 4.79 Å². The van der Waals surface area contributed by atoms with Gasteiger partial charge in [0.25, 0.3) is 0 Å². The highest BCUT2D eigenvalue weighted by Gasteiger charge is 2.29. The topological polar surface area (TPSA) is 41.1 Å². The fraction of sp³-hybridized carbons (Fsp3) is 0.667. The molecule has 0 aromatic rings. The maximum absolute atomic E-state index is 11.9. The van der Waals surface area contributed by atoms with Crippen LogP contribution in [-0.4, -0.2) is 31.2 Å². The second-order valence-electron chi connectivity index (χ2n) is 3.19. The van der Waals surface area contributed by atoms with Crippen LogP contribution < -0.4 is 10.6 Å². The molecule has 0 fully saturated rings. The predicted octanol–water partition coefficient (Wildman–Crippen LogP) is 1.22. The Kier molecular flexibility index (Phi) is 6.00. The van der Waals surface area contributed by atoms with Crippen LogP contribution in [0.1, 0.15) is 13.3 Å². The maximum atomic E-state index is 11.9. The van der Waals surface area contributed by atoms with Gasteiger partial charge in [-0.1, -0.05) is 6.08 Å². The van der Waals surface area contributed by atoms with Gasteiger partial charge in [-0.15, -0.1) is 6.58 Å². The lowest BCUT2D eigenvalue weighted by Crippen LogP contribution is -2.39. The van der Waals surface area contributed by atoms with Gasteiger partial charge in [0, 0.05) is 12.6 Å². The highest BCUT2D eigenvalue weighted by Crippen LogP contribution is 2.20. The minimum absolute atomic E-state index is 0.120. The van der Waals surface area contributed by atoms with Crippen molar-refractivity contribution in [3.05, 3.63) is 12.7 Å². The number of hydrogen-bond donors (Lipinski definition) is 2. The molecular weight excluding hydrogens is 209 g/mol. The lowest BCUT2D eigenvalue weighted by Gasteiger charge is -2.15. The van der Waals surface area contributed by atoms with Crippen molar-refractivity contribution in [3.63, 3.8) is 0 Å². The highest BCUT2D eigenvalue weighted by atomic mass is 19.4. The van der Waals surface area contributed by atoms with Crippen LogP contribution in [0.5, 0.6) is 0 Å². The van der Waals surface area contributed by atoms with E-state index in [0.29, 0.717) is 6.54 Å². The van der Waals surface area contributed by atoms with Crippen molar-refractivity contribution in [1.29, 1.82) is 0 Å². The van der Waals surface area contributed by atoms with E-state index in [1.54, 1.807) is 0 Å². The molecule has 0 aliphatic rings. The quantitative estimate of drug-likeness (QED) is 0.666. The van der Waals surface area contributed by atoms with Crippen LogP contribution >= 0.6 is 0 Å². The van der Waals surface area contributed by atoms with E-state index in [-0.39, 0.29) is 12.5 Å². The standard InChI is InChI=1S/C9H15F3N2O/c1-3-4-13-8(15)6-14-7(2)5-9(10,11)12/h3,7,14H,1,4-6H2,2H3,(H,13,15). The number of carbonyl (C=O) groups is 1. The molecule has 0 rings (SSSR count). The molecular formula is C9H15F3N2O. The van der Waals surface area contributed by atoms with Gasteiger partial charge < -0.3 is 10.6 Å². The zero-order valence-electron chi connectivity index (χ0n) is 8.53. The van der Waals surface area contributed by atoms with Crippen LogP contribution in [0.25, 0.3) is 0 Å². The zero-order chi connectivity index (χ0) is 11.9. The third kappa shape index (κ3) is 9.27. The Hall–Kier alpha value is -1.04. The smallest absolute Gasteiger partial charge is 0.352 e. The van der Waals surface area contributed by atoms with Gasteiger partial charge in [-0.2, -0.15) is 13.2 Å². The van der Waals surface area contributed by atoms with E-state index >= 15 is 0 Å². The van der Waals surface area contributed by atoms with Crippen molar-refractivity contribution in [1.82, 2.24) is 10.6 Å². The second kappa shape index (κ2) is 6.44. The summed E-state index contributed by atoms with van der Waals surface area (Å²) in [6.07, 6.45) is -3.65. The molecule has 1 unspecified atom stereocenters. The van der Waals surface area contributed by atoms with Gasteiger partial charge in [0.1, 0.15) is 0 Å². The molecule has 0 radical (unpaired) electrons. The molecule has 3 nitrogen and oxygen atoms in total. The monoisotopic (exact) mass is 224 g/mol. The van der Waals surface area contributed by atoms with E-state index in [1.807, 2.05) is 0 Å². The van der Waals surface area contributed by atoms with E-state index in [4.69, 9.17) is 0 Å². The molecule has 0 saturated heterocycles. The van der Waals surface area contributed by atoms with Crippen molar-refractivity contribution >= 4 is 5.91 Å². The summed E-state index contributed by atoms with van der Waals surface area (Å²) in [7, 11) is 0. The molecule has 0 aromatic carbocycles. The van der Waals surface area contributed by atoms with Gasteiger partial charge in [0.15, 0.2) is 0 Å². The van der Waals surface area contributed by atoms with Crippen molar-refractivity contribution in [2.75, 3.05) is 13.1 Å². The first-order chi connectivity index (χ1) is 6.85. The highest BCUT2D eigenvalue weighted by molar-refractivity contribution is 5.78.